The molecule has 0 atom stereocenters. The number of aryl methyl sites for hydroxylation is 2. The number of carbonyl (C=O) groups is 1. The first-order chi connectivity index (χ1) is 18.3. The fourth-order valence-electron chi connectivity index (χ4n) is 4.04. The lowest BCUT2D eigenvalue weighted by atomic mass is 10.0. The molecule has 0 saturated heterocycles. The molecule has 0 aliphatic carbocycles. The first kappa shape index (κ1) is 26.4. The normalized spacial score (nSPS) is 10.7. The zero-order chi connectivity index (χ0) is 27.6. The number of hydrogen-bond donors (Lipinski definition) is 0. The Hall–Kier alpha value is -4.66. The van der Waals surface area contributed by atoms with Crippen molar-refractivity contribution < 1.29 is 37.6 Å². The second kappa shape index (κ2) is 10.8. The van der Waals surface area contributed by atoms with Crippen molar-refractivity contribution in [2.45, 2.75) is 13.8 Å². The molecule has 9 heteroatoms. The molecule has 4 aromatic rings. The molecule has 1 heterocycles. The molecule has 3 aromatic carbocycles. The van der Waals surface area contributed by atoms with Gasteiger partial charge in [0.2, 0.25) is 16.9 Å². The summed E-state index contributed by atoms with van der Waals surface area (Å²) in [4.78, 5) is 27.1. The quantitative estimate of drug-likeness (QED) is 0.285. The molecule has 1 aromatic heterocycles. The van der Waals surface area contributed by atoms with Crippen LogP contribution in [0, 0.1) is 13.8 Å². The second-order valence-electron chi connectivity index (χ2n) is 8.40. The highest BCUT2D eigenvalue weighted by Crippen LogP contribution is 2.40. The fraction of sp³-hybridized carbons (Fsp3) is 0.241. The Labute approximate surface area is 219 Å². The lowest BCUT2D eigenvalue weighted by Crippen LogP contribution is -2.17. The Kier molecular flexibility index (Phi) is 7.47. The summed E-state index contributed by atoms with van der Waals surface area (Å²) in [5.41, 5.74) is 2.23. The van der Waals surface area contributed by atoms with Crippen molar-refractivity contribution >= 4 is 16.9 Å². The summed E-state index contributed by atoms with van der Waals surface area (Å²) in [6.07, 6.45) is 0. The van der Waals surface area contributed by atoms with Crippen LogP contribution in [0.2, 0.25) is 0 Å². The second-order valence-corrected chi connectivity index (χ2v) is 8.40. The summed E-state index contributed by atoms with van der Waals surface area (Å²) in [5, 5.41) is 0.282. The molecule has 0 fully saturated rings. The Morgan fingerprint density at radius 1 is 0.684 bits per heavy atom. The van der Waals surface area contributed by atoms with Crippen molar-refractivity contribution in [2.75, 3.05) is 35.5 Å². The average molecular weight is 521 g/mol. The average Bonchev–Trinajstić information content (AvgIpc) is 2.94. The van der Waals surface area contributed by atoms with E-state index in [0.29, 0.717) is 28.4 Å². The third-order valence-corrected chi connectivity index (χ3v) is 6.21. The van der Waals surface area contributed by atoms with E-state index in [9.17, 15) is 9.59 Å². The largest absolute Gasteiger partial charge is 0.493 e. The molecule has 0 aliphatic rings. The van der Waals surface area contributed by atoms with Gasteiger partial charge in [-0.1, -0.05) is 0 Å². The maximum Gasteiger partial charge on any atom is 0.344 e. The maximum atomic E-state index is 13.7. The minimum absolute atomic E-state index is 0.0625. The first-order valence-electron chi connectivity index (χ1n) is 11.6. The number of hydrogen-bond acceptors (Lipinski definition) is 9. The molecule has 0 N–H and O–H groups in total. The number of ether oxygens (including phenoxy) is 6. The summed E-state index contributed by atoms with van der Waals surface area (Å²) >= 11 is 0. The van der Waals surface area contributed by atoms with E-state index < -0.39 is 11.4 Å². The highest BCUT2D eigenvalue weighted by molar-refractivity contribution is 5.94. The topological polar surface area (TPSA) is 103 Å². The fourth-order valence-corrected chi connectivity index (χ4v) is 4.04. The van der Waals surface area contributed by atoms with Crippen molar-refractivity contribution in [3.63, 3.8) is 0 Å². The summed E-state index contributed by atoms with van der Waals surface area (Å²) < 4.78 is 38.7. The number of carbonyl (C=O) groups excluding carboxylic acids is 1. The molecule has 0 saturated carbocycles. The highest BCUT2D eigenvalue weighted by Gasteiger charge is 2.25. The number of rotatable bonds is 8. The van der Waals surface area contributed by atoms with E-state index in [1.807, 2.05) is 13.8 Å². The van der Waals surface area contributed by atoms with Gasteiger partial charge in [0.05, 0.1) is 46.5 Å². The van der Waals surface area contributed by atoms with Gasteiger partial charge in [0, 0.05) is 5.56 Å². The molecule has 9 nitrogen and oxygen atoms in total. The minimum atomic E-state index is -0.818. The van der Waals surface area contributed by atoms with Gasteiger partial charge in [-0.05, 0) is 67.4 Å². The highest BCUT2D eigenvalue weighted by atomic mass is 16.5. The van der Waals surface area contributed by atoms with E-state index in [2.05, 4.69) is 0 Å². The summed E-state index contributed by atoms with van der Waals surface area (Å²) in [6, 6.07) is 11.4. The van der Waals surface area contributed by atoms with Gasteiger partial charge in [0.15, 0.2) is 28.8 Å². The molecule has 0 amide bonds. The van der Waals surface area contributed by atoms with Crippen LogP contribution < -0.4 is 33.8 Å². The number of esters is 1. The Bertz CT molecular complexity index is 1560. The number of benzene rings is 3. The molecular formula is C29H28O9. The van der Waals surface area contributed by atoms with Crippen molar-refractivity contribution in [3.8, 4) is 45.8 Å². The molecule has 0 bridgehead atoms. The molecule has 38 heavy (non-hydrogen) atoms. The monoisotopic (exact) mass is 520 g/mol. The van der Waals surface area contributed by atoms with E-state index in [1.54, 1.807) is 30.3 Å². The first-order valence-corrected chi connectivity index (χ1v) is 11.6. The van der Waals surface area contributed by atoms with Crippen LogP contribution in [0.4, 0.5) is 0 Å². The van der Waals surface area contributed by atoms with Gasteiger partial charge >= 0.3 is 5.97 Å². The van der Waals surface area contributed by atoms with Gasteiger partial charge in [-0.15, -0.1) is 0 Å². The van der Waals surface area contributed by atoms with Gasteiger partial charge in [-0.3, -0.25) is 4.79 Å². The van der Waals surface area contributed by atoms with E-state index >= 15 is 0 Å². The lowest BCUT2D eigenvalue weighted by Gasteiger charge is -2.15. The van der Waals surface area contributed by atoms with Crippen LogP contribution in [0.15, 0.2) is 51.7 Å². The number of methoxy groups -OCH3 is 5. The van der Waals surface area contributed by atoms with Gasteiger partial charge in [-0.25, -0.2) is 4.79 Å². The van der Waals surface area contributed by atoms with E-state index in [-0.39, 0.29) is 34.0 Å². The minimum Gasteiger partial charge on any atom is -0.493 e. The number of fused-ring (bicyclic) bond motifs is 1. The Morgan fingerprint density at radius 2 is 1.29 bits per heavy atom. The Morgan fingerprint density at radius 3 is 1.87 bits per heavy atom. The van der Waals surface area contributed by atoms with Gasteiger partial charge in [-0.2, -0.15) is 0 Å². The van der Waals surface area contributed by atoms with E-state index in [1.165, 1.54) is 47.7 Å². The van der Waals surface area contributed by atoms with Gasteiger partial charge in [0.1, 0.15) is 5.58 Å². The molecule has 0 radical (unpaired) electrons. The molecule has 198 valence electrons. The third-order valence-electron chi connectivity index (χ3n) is 6.21. The molecule has 0 unspecified atom stereocenters. The van der Waals surface area contributed by atoms with Crippen molar-refractivity contribution in [1.29, 1.82) is 0 Å². The van der Waals surface area contributed by atoms with Crippen LogP contribution in [0.5, 0.6) is 34.5 Å². The SMILES string of the molecule is COc1ccc(-c2oc3cc(C)c(C)cc3c(=O)c2OC(=O)c2cc(OC)c(OC)c(OC)c2)cc1OC. The third kappa shape index (κ3) is 4.70. The van der Waals surface area contributed by atoms with Crippen LogP contribution in [0.25, 0.3) is 22.3 Å². The molecular weight excluding hydrogens is 492 g/mol. The van der Waals surface area contributed by atoms with Crippen LogP contribution in [-0.4, -0.2) is 41.5 Å². The zero-order valence-corrected chi connectivity index (χ0v) is 22.2. The van der Waals surface area contributed by atoms with Gasteiger partial charge < -0.3 is 32.8 Å². The van der Waals surface area contributed by atoms with Crippen LogP contribution in [0.1, 0.15) is 21.5 Å². The van der Waals surface area contributed by atoms with Crippen molar-refractivity contribution in [1.82, 2.24) is 0 Å². The van der Waals surface area contributed by atoms with E-state index in [4.69, 9.17) is 32.8 Å². The molecule has 4 rings (SSSR count). The predicted molar refractivity (Wildman–Crippen MR) is 142 cm³/mol. The van der Waals surface area contributed by atoms with Crippen LogP contribution in [0.3, 0.4) is 0 Å². The smallest absolute Gasteiger partial charge is 0.344 e. The summed E-state index contributed by atoms with van der Waals surface area (Å²) in [7, 11) is 7.34. The van der Waals surface area contributed by atoms with Crippen molar-refractivity contribution in [2.24, 2.45) is 0 Å². The summed E-state index contributed by atoms with van der Waals surface area (Å²) in [5.74, 6) is 0.706. The van der Waals surface area contributed by atoms with Crippen LogP contribution >= 0.6 is 0 Å². The van der Waals surface area contributed by atoms with Gasteiger partial charge in [0.25, 0.3) is 0 Å². The lowest BCUT2D eigenvalue weighted by molar-refractivity contribution is 0.0730. The molecule has 0 aliphatic heterocycles. The van der Waals surface area contributed by atoms with E-state index in [0.717, 1.165) is 11.1 Å². The standard InChI is InChI=1S/C29H28O9/c1-15-10-19-21(11-16(15)2)37-26(17-8-9-20(32-3)22(12-17)33-4)28(25(19)30)38-29(31)18-13-23(34-5)27(36-7)24(14-18)35-6/h8-14H,1-7H3. The predicted octanol–water partition coefficient (Wildman–Crippen LogP) is 5.34. The maximum absolute atomic E-state index is 13.7. The zero-order valence-electron chi connectivity index (χ0n) is 22.2. The van der Waals surface area contributed by atoms with Crippen molar-refractivity contribution in [3.05, 3.63) is 69.4 Å². The summed E-state index contributed by atoms with van der Waals surface area (Å²) in [6.45, 7) is 3.81. The van der Waals surface area contributed by atoms with Crippen LogP contribution in [-0.2, 0) is 0 Å². The Balaban J connectivity index is 1.93. The molecule has 0 spiro atoms.